The second kappa shape index (κ2) is 5.45. The summed E-state index contributed by atoms with van der Waals surface area (Å²) in [4.78, 5) is 9.29. The van der Waals surface area contributed by atoms with Gasteiger partial charge in [0.25, 0.3) is 0 Å². The number of thiazole rings is 1. The van der Waals surface area contributed by atoms with E-state index in [1.54, 1.807) is 11.3 Å². The fraction of sp³-hybridized carbons (Fsp3) is 0.294. The van der Waals surface area contributed by atoms with Crippen LogP contribution in [-0.4, -0.2) is 14.5 Å². The lowest BCUT2D eigenvalue weighted by molar-refractivity contribution is 0.606. The van der Waals surface area contributed by atoms with Crippen LogP contribution in [0.2, 0.25) is 0 Å². The first-order chi connectivity index (χ1) is 10.1. The van der Waals surface area contributed by atoms with E-state index in [4.69, 9.17) is 4.98 Å². The number of imidazole rings is 1. The van der Waals surface area contributed by atoms with Gasteiger partial charge in [0.05, 0.1) is 5.69 Å². The van der Waals surface area contributed by atoms with E-state index in [1.165, 1.54) is 16.7 Å². The summed E-state index contributed by atoms with van der Waals surface area (Å²) in [5.74, 6) is 0.956. The first kappa shape index (κ1) is 14.0. The van der Waals surface area contributed by atoms with Gasteiger partial charge in [0.1, 0.15) is 0 Å². The van der Waals surface area contributed by atoms with E-state index in [9.17, 15) is 0 Å². The zero-order chi connectivity index (χ0) is 15.0. The molecule has 108 valence electrons. The molecule has 0 N–H and O–H groups in total. The van der Waals surface area contributed by atoms with Gasteiger partial charge in [-0.15, -0.1) is 11.3 Å². The normalized spacial score (nSPS) is 11.3. The summed E-state index contributed by atoms with van der Waals surface area (Å²) in [5.41, 5.74) is 4.78. The molecule has 0 saturated carbocycles. The summed E-state index contributed by atoms with van der Waals surface area (Å²) in [6, 6.07) is 6.73. The highest BCUT2D eigenvalue weighted by Crippen LogP contribution is 2.31. The van der Waals surface area contributed by atoms with Crippen molar-refractivity contribution in [3.63, 3.8) is 0 Å². The molecule has 21 heavy (non-hydrogen) atoms. The van der Waals surface area contributed by atoms with Crippen LogP contribution in [0.5, 0.6) is 0 Å². The van der Waals surface area contributed by atoms with E-state index in [1.807, 2.05) is 11.6 Å². The third-order valence-electron chi connectivity index (χ3n) is 3.65. The third kappa shape index (κ3) is 2.51. The molecule has 0 bridgehead atoms. The lowest BCUT2D eigenvalue weighted by Crippen LogP contribution is -2.01. The molecule has 0 aliphatic rings. The van der Waals surface area contributed by atoms with Gasteiger partial charge in [-0.25, -0.2) is 9.97 Å². The van der Waals surface area contributed by atoms with Gasteiger partial charge in [-0.05, 0) is 38.8 Å². The summed E-state index contributed by atoms with van der Waals surface area (Å²) in [6.07, 6.45) is 3.98. The summed E-state index contributed by atoms with van der Waals surface area (Å²) >= 11 is 1.63. The van der Waals surface area contributed by atoms with Crippen LogP contribution in [0.1, 0.15) is 31.0 Å². The van der Waals surface area contributed by atoms with Gasteiger partial charge in [0.2, 0.25) is 0 Å². The zero-order valence-corrected chi connectivity index (χ0v) is 13.6. The Bertz CT molecular complexity index is 734. The van der Waals surface area contributed by atoms with Crippen molar-refractivity contribution in [1.29, 1.82) is 0 Å². The van der Waals surface area contributed by atoms with Crippen LogP contribution in [0, 0.1) is 13.8 Å². The molecule has 0 spiro atoms. The molecule has 0 radical (unpaired) electrons. The number of hydrogen-bond acceptors (Lipinski definition) is 3. The van der Waals surface area contributed by atoms with Crippen LogP contribution in [0.15, 0.2) is 36.0 Å². The molecule has 2 heterocycles. The third-order valence-corrected chi connectivity index (χ3v) is 4.42. The molecule has 0 aliphatic heterocycles. The zero-order valence-electron chi connectivity index (χ0n) is 12.8. The molecule has 3 rings (SSSR count). The lowest BCUT2D eigenvalue weighted by atomic mass is 10.0. The Labute approximate surface area is 129 Å². The van der Waals surface area contributed by atoms with E-state index in [0.717, 1.165) is 16.5 Å². The molecule has 0 fully saturated rings. The molecule has 1 aromatic carbocycles. The van der Waals surface area contributed by atoms with Crippen LogP contribution in [0.3, 0.4) is 0 Å². The Kier molecular flexibility index (Phi) is 3.64. The standard InChI is InChI=1S/C17H19N3S/c1-11(2)20-10-14(15-12(3)6-5-7-13(15)4)19-16(20)17-18-8-9-21-17/h5-11H,1-4H3. The number of benzene rings is 1. The first-order valence-electron chi connectivity index (χ1n) is 7.13. The van der Waals surface area contributed by atoms with Crippen LogP contribution in [0.4, 0.5) is 0 Å². The van der Waals surface area contributed by atoms with Crippen molar-refractivity contribution in [2.45, 2.75) is 33.7 Å². The Morgan fingerprint density at radius 1 is 1.14 bits per heavy atom. The number of hydrogen-bond donors (Lipinski definition) is 0. The first-order valence-corrected chi connectivity index (χ1v) is 8.01. The maximum atomic E-state index is 4.88. The Morgan fingerprint density at radius 2 is 1.86 bits per heavy atom. The van der Waals surface area contributed by atoms with Gasteiger partial charge in [-0.3, -0.25) is 0 Å². The summed E-state index contributed by atoms with van der Waals surface area (Å²) in [5, 5.41) is 2.97. The molecule has 0 atom stereocenters. The van der Waals surface area contributed by atoms with Gasteiger partial charge < -0.3 is 4.57 Å². The Balaban J connectivity index is 2.20. The minimum Gasteiger partial charge on any atom is -0.326 e. The van der Waals surface area contributed by atoms with Crippen molar-refractivity contribution in [3.8, 4) is 22.1 Å². The topological polar surface area (TPSA) is 30.7 Å². The van der Waals surface area contributed by atoms with Crippen molar-refractivity contribution >= 4 is 11.3 Å². The fourth-order valence-corrected chi connectivity index (χ4v) is 3.25. The van der Waals surface area contributed by atoms with E-state index >= 15 is 0 Å². The largest absolute Gasteiger partial charge is 0.326 e. The van der Waals surface area contributed by atoms with E-state index in [-0.39, 0.29) is 0 Å². The van der Waals surface area contributed by atoms with Crippen LogP contribution in [0.25, 0.3) is 22.1 Å². The predicted octanol–water partition coefficient (Wildman–Crippen LogP) is 4.87. The fourth-order valence-electron chi connectivity index (χ4n) is 2.62. The molecule has 4 heteroatoms. The molecule has 3 aromatic rings. The molecule has 0 unspecified atom stereocenters. The van der Waals surface area contributed by atoms with Gasteiger partial charge in [-0.1, -0.05) is 18.2 Å². The van der Waals surface area contributed by atoms with Crippen molar-refractivity contribution < 1.29 is 0 Å². The van der Waals surface area contributed by atoms with Crippen molar-refractivity contribution in [2.24, 2.45) is 0 Å². The molecular weight excluding hydrogens is 278 g/mol. The van der Waals surface area contributed by atoms with E-state index < -0.39 is 0 Å². The monoisotopic (exact) mass is 297 g/mol. The second-order valence-corrected chi connectivity index (χ2v) is 6.45. The SMILES string of the molecule is Cc1cccc(C)c1-c1cn(C(C)C)c(-c2nccs2)n1. The number of rotatable bonds is 3. The molecule has 0 amide bonds. The molecular formula is C17H19N3S. The van der Waals surface area contributed by atoms with Crippen molar-refractivity contribution in [3.05, 3.63) is 47.1 Å². The average molecular weight is 297 g/mol. The van der Waals surface area contributed by atoms with Gasteiger partial charge >= 0.3 is 0 Å². The highest BCUT2D eigenvalue weighted by molar-refractivity contribution is 7.13. The second-order valence-electron chi connectivity index (χ2n) is 5.55. The van der Waals surface area contributed by atoms with Gasteiger partial charge in [0.15, 0.2) is 10.8 Å². The smallest absolute Gasteiger partial charge is 0.170 e. The average Bonchev–Trinajstić information content (AvgIpc) is 3.07. The molecule has 2 aromatic heterocycles. The number of nitrogens with zero attached hydrogens (tertiary/aromatic N) is 3. The Hall–Kier alpha value is -1.94. The molecule has 0 aliphatic carbocycles. The van der Waals surface area contributed by atoms with E-state index in [2.05, 4.69) is 61.6 Å². The van der Waals surface area contributed by atoms with Crippen molar-refractivity contribution in [2.75, 3.05) is 0 Å². The number of aryl methyl sites for hydroxylation is 2. The van der Waals surface area contributed by atoms with Gasteiger partial charge in [0, 0.05) is 29.4 Å². The van der Waals surface area contributed by atoms with E-state index in [0.29, 0.717) is 6.04 Å². The van der Waals surface area contributed by atoms with Crippen molar-refractivity contribution in [1.82, 2.24) is 14.5 Å². The molecule has 3 nitrogen and oxygen atoms in total. The highest BCUT2D eigenvalue weighted by Gasteiger charge is 2.17. The van der Waals surface area contributed by atoms with Crippen LogP contribution in [-0.2, 0) is 0 Å². The Morgan fingerprint density at radius 3 is 2.43 bits per heavy atom. The minimum atomic E-state index is 0.356. The summed E-state index contributed by atoms with van der Waals surface area (Å²) in [7, 11) is 0. The lowest BCUT2D eigenvalue weighted by Gasteiger charge is -2.09. The predicted molar refractivity (Wildman–Crippen MR) is 88.6 cm³/mol. The van der Waals surface area contributed by atoms with Crippen LogP contribution < -0.4 is 0 Å². The number of aromatic nitrogens is 3. The quantitative estimate of drug-likeness (QED) is 0.690. The summed E-state index contributed by atoms with van der Waals surface area (Å²) in [6.45, 7) is 8.63. The maximum absolute atomic E-state index is 4.88. The summed E-state index contributed by atoms with van der Waals surface area (Å²) < 4.78 is 2.21. The minimum absolute atomic E-state index is 0.356. The van der Waals surface area contributed by atoms with Crippen LogP contribution >= 0.6 is 11.3 Å². The molecule has 0 saturated heterocycles. The maximum Gasteiger partial charge on any atom is 0.170 e. The highest BCUT2D eigenvalue weighted by atomic mass is 32.1. The van der Waals surface area contributed by atoms with Gasteiger partial charge in [-0.2, -0.15) is 0 Å².